The molecule has 0 bridgehead atoms. The molecule has 2 heterocycles. The summed E-state index contributed by atoms with van der Waals surface area (Å²) in [5.41, 5.74) is 0.890. The van der Waals surface area contributed by atoms with Gasteiger partial charge >= 0.3 is 6.18 Å². The van der Waals surface area contributed by atoms with Gasteiger partial charge < -0.3 is 9.09 Å². The van der Waals surface area contributed by atoms with Gasteiger partial charge in [0.05, 0.1) is 6.54 Å². The van der Waals surface area contributed by atoms with E-state index in [4.69, 9.17) is 4.52 Å². The fourth-order valence-corrected chi connectivity index (χ4v) is 2.71. The van der Waals surface area contributed by atoms with Crippen molar-refractivity contribution in [2.24, 2.45) is 0 Å². The van der Waals surface area contributed by atoms with E-state index in [0.717, 1.165) is 16.6 Å². The maximum Gasteiger partial charge on any atom is 0.406 e. The third-order valence-corrected chi connectivity index (χ3v) is 3.99. The van der Waals surface area contributed by atoms with Crippen molar-refractivity contribution < 1.29 is 17.7 Å². The molecule has 27 heavy (non-hydrogen) atoms. The molecule has 0 N–H and O–H groups in total. The highest BCUT2D eigenvalue weighted by Gasteiger charge is 2.28. The Balaban J connectivity index is 1.47. The van der Waals surface area contributed by atoms with Gasteiger partial charge in [-0.05, 0) is 20.0 Å². The van der Waals surface area contributed by atoms with Crippen LogP contribution >= 0.6 is 0 Å². The smallest absolute Gasteiger partial charge is 0.339 e. The SMILES string of the molecule is CN(CCCc1nc(-c2ccccc2)no1)Cc1nccn1CC(F)(F)F. The van der Waals surface area contributed by atoms with E-state index in [0.29, 0.717) is 37.0 Å². The minimum atomic E-state index is -4.26. The topological polar surface area (TPSA) is 60.0 Å². The average Bonchev–Trinajstić information content (AvgIpc) is 3.24. The van der Waals surface area contributed by atoms with Gasteiger partial charge in [0.1, 0.15) is 12.4 Å². The van der Waals surface area contributed by atoms with Gasteiger partial charge in [-0.1, -0.05) is 35.5 Å². The van der Waals surface area contributed by atoms with Crippen molar-refractivity contribution >= 4 is 0 Å². The first-order chi connectivity index (χ1) is 12.9. The summed E-state index contributed by atoms with van der Waals surface area (Å²) in [5.74, 6) is 1.48. The van der Waals surface area contributed by atoms with Crippen LogP contribution in [0.4, 0.5) is 13.2 Å². The Kier molecular flexibility index (Phi) is 5.90. The van der Waals surface area contributed by atoms with Gasteiger partial charge in [-0.15, -0.1) is 0 Å². The van der Waals surface area contributed by atoms with Crippen molar-refractivity contribution in [3.63, 3.8) is 0 Å². The van der Waals surface area contributed by atoms with Crippen molar-refractivity contribution in [3.05, 3.63) is 54.4 Å². The summed E-state index contributed by atoms with van der Waals surface area (Å²) in [6.07, 6.45) is -0.185. The maximum atomic E-state index is 12.6. The van der Waals surface area contributed by atoms with Crippen LogP contribution in [0.2, 0.25) is 0 Å². The zero-order valence-electron chi connectivity index (χ0n) is 14.9. The van der Waals surface area contributed by atoms with E-state index in [2.05, 4.69) is 15.1 Å². The van der Waals surface area contributed by atoms with Gasteiger partial charge in [-0.25, -0.2) is 4.98 Å². The number of alkyl halides is 3. The molecule has 0 saturated heterocycles. The third kappa shape index (κ3) is 5.65. The number of rotatable bonds is 8. The van der Waals surface area contributed by atoms with Crippen LogP contribution in [-0.2, 0) is 19.5 Å². The fourth-order valence-electron chi connectivity index (χ4n) is 2.71. The zero-order valence-corrected chi connectivity index (χ0v) is 14.9. The lowest BCUT2D eigenvalue weighted by Crippen LogP contribution is -2.25. The summed E-state index contributed by atoms with van der Waals surface area (Å²) >= 11 is 0. The van der Waals surface area contributed by atoms with Crippen LogP contribution in [0.1, 0.15) is 18.1 Å². The van der Waals surface area contributed by atoms with Crippen LogP contribution < -0.4 is 0 Å². The van der Waals surface area contributed by atoms with Gasteiger partial charge in [0.15, 0.2) is 0 Å². The summed E-state index contributed by atoms with van der Waals surface area (Å²) in [6, 6.07) is 9.54. The molecule has 144 valence electrons. The molecule has 2 aromatic heterocycles. The molecule has 0 aliphatic heterocycles. The third-order valence-electron chi connectivity index (χ3n) is 3.99. The Morgan fingerprint density at radius 1 is 1.19 bits per heavy atom. The van der Waals surface area contributed by atoms with E-state index in [-0.39, 0.29) is 0 Å². The zero-order chi connectivity index (χ0) is 19.3. The van der Waals surface area contributed by atoms with E-state index in [1.54, 1.807) is 0 Å². The molecular formula is C18H20F3N5O. The highest BCUT2D eigenvalue weighted by Crippen LogP contribution is 2.19. The van der Waals surface area contributed by atoms with E-state index in [1.807, 2.05) is 42.3 Å². The first-order valence-electron chi connectivity index (χ1n) is 8.54. The van der Waals surface area contributed by atoms with Crippen molar-refractivity contribution in [3.8, 4) is 11.4 Å². The fraction of sp³-hybridized carbons (Fsp3) is 0.389. The molecule has 3 aromatic rings. The number of imidazole rings is 1. The Hall–Kier alpha value is -2.68. The van der Waals surface area contributed by atoms with E-state index < -0.39 is 12.7 Å². The summed E-state index contributed by atoms with van der Waals surface area (Å²) in [5, 5.41) is 3.97. The molecule has 0 aliphatic carbocycles. The molecule has 0 amide bonds. The number of aryl methyl sites for hydroxylation is 1. The summed E-state index contributed by atoms with van der Waals surface area (Å²) in [6.45, 7) is -0.0233. The number of aromatic nitrogens is 4. The summed E-state index contributed by atoms with van der Waals surface area (Å²) in [7, 11) is 1.84. The van der Waals surface area contributed by atoms with Gasteiger partial charge in [0.25, 0.3) is 0 Å². The second-order valence-corrected chi connectivity index (χ2v) is 6.31. The Morgan fingerprint density at radius 3 is 2.70 bits per heavy atom. The van der Waals surface area contributed by atoms with Crippen LogP contribution in [0.15, 0.2) is 47.2 Å². The van der Waals surface area contributed by atoms with Crippen molar-refractivity contribution in [2.75, 3.05) is 13.6 Å². The number of hydrogen-bond acceptors (Lipinski definition) is 5. The Labute approximate surface area is 154 Å². The van der Waals surface area contributed by atoms with E-state index in [1.165, 1.54) is 12.4 Å². The molecule has 0 unspecified atom stereocenters. The lowest BCUT2D eigenvalue weighted by molar-refractivity contribution is -0.141. The number of halogens is 3. The van der Waals surface area contributed by atoms with Crippen molar-refractivity contribution in [2.45, 2.75) is 32.1 Å². The molecule has 0 saturated carbocycles. The normalized spacial score (nSPS) is 12.0. The minimum Gasteiger partial charge on any atom is -0.339 e. The standard InChI is InChI=1S/C18H20F3N5O/c1-25(12-15-22-9-11-26(15)13-18(19,20)21)10-5-8-16-23-17(24-27-16)14-6-3-2-4-7-14/h2-4,6-7,9,11H,5,8,10,12-13H2,1H3. The molecule has 0 atom stereocenters. The predicted octanol–water partition coefficient (Wildman–Crippen LogP) is 3.56. The molecule has 6 nitrogen and oxygen atoms in total. The van der Waals surface area contributed by atoms with E-state index in [9.17, 15) is 13.2 Å². The van der Waals surface area contributed by atoms with Gasteiger partial charge in [0.2, 0.25) is 11.7 Å². The molecule has 3 rings (SSSR count). The molecule has 0 spiro atoms. The van der Waals surface area contributed by atoms with Crippen molar-refractivity contribution in [1.29, 1.82) is 0 Å². The molecule has 0 aliphatic rings. The van der Waals surface area contributed by atoms with E-state index >= 15 is 0 Å². The van der Waals surface area contributed by atoms with Crippen LogP contribution in [0, 0.1) is 0 Å². The Morgan fingerprint density at radius 2 is 1.96 bits per heavy atom. The molecule has 0 fully saturated rings. The van der Waals surface area contributed by atoms with Gasteiger partial charge in [-0.2, -0.15) is 18.2 Å². The van der Waals surface area contributed by atoms with Crippen LogP contribution in [0.25, 0.3) is 11.4 Å². The molecular weight excluding hydrogens is 359 g/mol. The first-order valence-corrected chi connectivity index (χ1v) is 8.54. The van der Waals surface area contributed by atoms with Crippen LogP contribution in [0.3, 0.4) is 0 Å². The second-order valence-electron chi connectivity index (χ2n) is 6.31. The molecule has 9 heteroatoms. The lowest BCUT2D eigenvalue weighted by atomic mass is 10.2. The largest absolute Gasteiger partial charge is 0.406 e. The lowest BCUT2D eigenvalue weighted by Gasteiger charge is -2.17. The predicted molar refractivity (Wildman–Crippen MR) is 92.7 cm³/mol. The van der Waals surface area contributed by atoms with Gasteiger partial charge in [-0.3, -0.25) is 4.90 Å². The summed E-state index contributed by atoms with van der Waals surface area (Å²) < 4.78 is 44.1. The quantitative estimate of drug-likeness (QED) is 0.599. The number of benzene rings is 1. The Bertz CT molecular complexity index is 844. The maximum absolute atomic E-state index is 12.6. The molecule has 0 radical (unpaired) electrons. The first kappa shape index (κ1) is 19.1. The molecule has 1 aromatic carbocycles. The van der Waals surface area contributed by atoms with Crippen LogP contribution in [-0.4, -0.2) is 44.4 Å². The monoisotopic (exact) mass is 379 g/mol. The average molecular weight is 379 g/mol. The number of hydrogen-bond donors (Lipinski definition) is 0. The second kappa shape index (κ2) is 8.34. The van der Waals surface area contributed by atoms with Gasteiger partial charge in [0, 0.05) is 24.4 Å². The van der Waals surface area contributed by atoms with Crippen molar-refractivity contribution in [1.82, 2.24) is 24.6 Å². The highest BCUT2D eigenvalue weighted by atomic mass is 19.4. The number of nitrogens with zero attached hydrogens (tertiary/aromatic N) is 5. The minimum absolute atomic E-state index is 0.335. The summed E-state index contributed by atoms with van der Waals surface area (Å²) in [4.78, 5) is 10.3. The highest BCUT2D eigenvalue weighted by molar-refractivity contribution is 5.53. The van der Waals surface area contributed by atoms with Crippen LogP contribution in [0.5, 0.6) is 0 Å².